The molecule has 1 atom stereocenters. The number of halogens is 1. The van der Waals surface area contributed by atoms with Gasteiger partial charge in [-0.25, -0.2) is 8.42 Å². The lowest BCUT2D eigenvalue weighted by Crippen LogP contribution is -2.50. The minimum absolute atomic E-state index is 0.100. The summed E-state index contributed by atoms with van der Waals surface area (Å²) in [6.45, 7) is 0.102. The highest BCUT2D eigenvalue weighted by molar-refractivity contribution is 7.89. The molecule has 1 N–H and O–H groups in total. The number of amides is 1. The van der Waals surface area contributed by atoms with Crippen LogP contribution in [0, 0.1) is 0 Å². The molecule has 4 rings (SSSR count). The van der Waals surface area contributed by atoms with Crippen molar-refractivity contribution in [2.45, 2.75) is 23.9 Å². The van der Waals surface area contributed by atoms with E-state index in [2.05, 4.69) is 5.32 Å². The number of hydrogen-bond donors (Lipinski definition) is 1. The van der Waals surface area contributed by atoms with Gasteiger partial charge in [-0.2, -0.15) is 4.31 Å². The second kappa shape index (κ2) is 8.70. The fraction of sp³-hybridized carbons (Fsp3) is 0.174. The standard InChI is InChI=1S/C23H21ClN2O4S/c1-30-18-10-12-19(13-11-18)31(28,29)26-15-17-7-3-2-6-16(17)14-22(26)23(27)25-21-9-5-4-8-20(21)24/h2-13,22H,14-15H2,1H3,(H,25,27). The van der Waals surface area contributed by atoms with Gasteiger partial charge in [0, 0.05) is 6.54 Å². The number of fused-ring (bicyclic) bond motifs is 1. The number of anilines is 1. The number of rotatable bonds is 5. The van der Waals surface area contributed by atoms with Crippen molar-refractivity contribution in [2.24, 2.45) is 0 Å². The number of ether oxygens (including phenoxy) is 1. The van der Waals surface area contributed by atoms with Gasteiger partial charge in [0.1, 0.15) is 11.8 Å². The molecular formula is C23H21ClN2O4S. The minimum Gasteiger partial charge on any atom is -0.497 e. The van der Waals surface area contributed by atoms with Gasteiger partial charge in [-0.3, -0.25) is 4.79 Å². The Labute approximate surface area is 186 Å². The van der Waals surface area contributed by atoms with E-state index in [1.54, 1.807) is 36.4 Å². The molecule has 0 spiro atoms. The van der Waals surface area contributed by atoms with Gasteiger partial charge in [-0.1, -0.05) is 48.0 Å². The predicted octanol–water partition coefficient (Wildman–Crippen LogP) is 4.10. The Kier molecular flexibility index (Phi) is 6.00. The zero-order valence-corrected chi connectivity index (χ0v) is 18.4. The van der Waals surface area contributed by atoms with Crippen LogP contribution in [0.4, 0.5) is 5.69 Å². The maximum Gasteiger partial charge on any atom is 0.244 e. The number of nitrogens with zero attached hydrogens (tertiary/aromatic N) is 1. The van der Waals surface area contributed by atoms with Gasteiger partial charge in [-0.05, 0) is 53.9 Å². The fourth-order valence-corrected chi connectivity index (χ4v) is 5.38. The quantitative estimate of drug-likeness (QED) is 0.627. The molecule has 0 saturated heterocycles. The Morgan fingerprint density at radius 1 is 1.00 bits per heavy atom. The van der Waals surface area contributed by atoms with Crippen LogP contribution in [0.3, 0.4) is 0 Å². The maximum absolute atomic E-state index is 13.5. The topological polar surface area (TPSA) is 75.7 Å². The van der Waals surface area contributed by atoms with Gasteiger partial charge in [0.2, 0.25) is 15.9 Å². The number of methoxy groups -OCH3 is 1. The van der Waals surface area contributed by atoms with Crippen molar-refractivity contribution in [3.63, 3.8) is 0 Å². The Hall–Kier alpha value is -2.87. The average molecular weight is 457 g/mol. The number of hydrogen-bond acceptors (Lipinski definition) is 4. The first-order valence-electron chi connectivity index (χ1n) is 9.68. The van der Waals surface area contributed by atoms with E-state index in [-0.39, 0.29) is 17.9 Å². The molecular weight excluding hydrogens is 436 g/mol. The normalized spacial score (nSPS) is 16.4. The van der Waals surface area contributed by atoms with Crippen molar-refractivity contribution >= 4 is 33.2 Å². The maximum atomic E-state index is 13.5. The molecule has 0 aliphatic carbocycles. The van der Waals surface area contributed by atoms with Crippen LogP contribution in [0.5, 0.6) is 5.75 Å². The lowest BCUT2D eigenvalue weighted by Gasteiger charge is -2.35. The lowest BCUT2D eigenvalue weighted by atomic mass is 9.95. The molecule has 3 aromatic rings. The number of carbonyl (C=O) groups is 1. The van der Waals surface area contributed by atoms with Gasteiger partial charge in [0.15, 0.2) is 0 Å². The summed E-state index contributed by atoms with van der Waals surface area (Å²) >= 11 is 6.18. The van der Waals surface area contributed by atoms with Crippen molar-refractivity contribution in [1.82, 2.24) is 4.31 Å². The van der Waals surface area contributed by atoms with Gasteiger partial charge in [-0.15, -0.1) is 0 Å². The van der Waals surface area contributed by atoms with Crippen LogP contribution in [-0.2, 0) is 27.8 Å². The van der Waals surface area contributed by atoms with E-state index in [0.29, 0.717) is 16.5 Å². The van der Waals surface area contributed by atoms with Gasteiger partial charge < -0.3 is 10.1 Å². The largest absolute Gasteiger partial charge is 0.497 e. The van der Waals surface area contributed by atoms with Gasteiger partial charge >= 0.3 is 0 Å². The minimum atomic E-state index is -3.94. The molecule has 6 nitrogen and oxygen atoms in total. The zero-order chi connectivity index (χ0) is 22.0. The number of sulfonamides is 1. The van der Waals surface area contributed by atoms with Crippen molar-refractivity contribution in [3.05, 3.63) is 88.9 Å². The summed E-state index contributed by atoms with van der Waals surface area (Å²) in [6.07, 6.45) is 0.266. The molecule has 0 radical (unpaired) electrons. The summed E-state index contributed by atoms with van der Waals surface area (Å²) < 4.78 is 33.4. The first-order chi connectivity index (χ1) is 14.9. The molecule has 3 aromatic carbocycles. The molecule has 1 heterocycles. The van der Waals surface area contributed by atoms with Crippen LogP contribution >= 0.6 is 11.6 Å². The second-order valence-corrected chi connectivity index (χ2v) is 9.48. The van der Waals surface area contributed by atoms with Crippen LogP contribution in [0.1, 0.15) is 11.1 Å². The summed E-state index contributed by atoms with van der Waals surface area (Å²) in [4.78, 5) is 13.3. The van der Waals surface area contributed by atoms with Crippen molar-refractivity contribution in [1.29, 1.82) is 0 Å². The Morgan fingerprint density at radius 2 is 1.65 bits per heavy atom. The molecule has 0 saturated carbocycles. The number of para-hydroxylation sites is 1. The SMILES string of the molecule is COc1ccc(S(=O)(=O)N2Cc3ccccc3CC2C(=O)Nc2ccccc2Cl)cc1. The Bertz CT molecular complexity index is 1210. The van der Waals surface area contributed by atoms with Crippen molar-refractivity contribution in [3.8, 4) is 5.75 Å². The molecule has 1 unspecified atom stereocenters. The van der Waals surface area contributed by atoms with E-state index in [1.807, 2.05) is 24.3 Å². The first-order valence-corrected chi connectivity index (χ1v) is 11.5. The van der Waals surface area contributed by atoms with Crippen LogP contribution in [0.15, 0.2) is 77.7 Å². The smallest absolute Gasteiger partial charge is 0.244 e. The van der Waals surface area contributed by atoms with E-state index in [1.165, 1.54) is 23.5 Å². The van der Waals surface area contributed by atoms with Crippen molar-refractivity contribution < 1.29 is 17.9 Å². The summed E-state index contributed by atoms with van der Waals surface area (Å²) in [7, 11) is -2.43. The van der Waals surface area contributed by atoms with E-state index < -0.39 is 22.0 Å². The average Bonchev–Trinajstić information content (AvgIpc) is 2.79. The highest BCUT2D eigenvalue weighted by Gasteiger charge is 2.39. The third-order valence-corrected chi connectivity index (χ3v) is 7.50. The van der Waals surface area contributed by atoms with Gasteiger partial charge in [0.25, 0.3) is 0 Å². The second-order valence-electron chi connectivity index (χ2n) is 7.18. The molecule has 0 fully saturated rings. The number of benzene rings is 3. The monoisotopic (exact) mass is 456 g/mol. The van der Waals surface area contributed by atoms with Crippen LogP contribution in [0.25, 0.3) is 0 Å². The van der Waals surface area contributed by atoms with Crippen molar-refractivity contribution in [2.75, 3.05) is 12.4 Å². The molecule has 8 heteroatoms. The van der Waals surface area contributed by atoms with E-state index in [4.69, 9.17) is 16.3 Å². The predicted molar refractivity (Wildman–Crippen MR) is 120 cm³/mol. The summed E-state index contributed by atoms with van der Waals surface area (Å²) in [5.74, 6) is 0.121. The van der Waals surface area contributed by atoms with Crippen LogP contribution in [-0.4, -0.2) is 31.8 Å². The van der Waals surface area contributed by atoms with Crippen LogP contribution < -0.4 is 10.1 Å². The zero-order valence-electron chi connectivity index (χ0n) is 16.8. The third-order valence-electron chi connectivity index (χ3n) is 5.31. The molecule has 160 valence electrons. The third kappa shape index (κ3) is 4.30. The van der Waals surface area contributed by atoms with Gasteiger partial charge in [0.05, 0.1) is 22.7 Å². The molecule has 1 aliphatic heterocycles. The number of carbonyl (C=O) groups excluding carboxylic acids is 1. The van der Waals surface area contributed by atoms with E-state index in [9.17, 15) is 13.2 Å². The van der Waals surface area contributed by atoms with Crippen LogP contribution in [0.2, 0.25) is 5.02 Å². The molecule has 0 bridgehead atoms. The Morgan fingerprint density at radius 3 is 2.32 bits per heavy atom. The summed E-state index contributed by atoms with van der Waals surface area (Å²) in [5, 5.41) is 3.17. The lowest BCUT2D eigenvalue weighted by molar-refractivity contribution is -0.120. The van der Waals surface area contributed by atoms with E-state index >= 15 is 0 Å². The molecule has 31 heavy (non-hydrogen) atoms. The number of nitrogens with one attached hydrogen (secondary N) is 1. The molecule has 1 amide bonds. The molecule has 0 aromatic heterocycles. The highest BCUT2D eigenvalue weighted by Crippen LogP contribution is 2.31. The fourth-order valence-electron chi connectivity index (χ4n) is 3.64. The molecule has 1 aliphatic rings. The first kappa shape index (κ1) is 21.4. The Balaban J connectivity index is 1.71. The van der Waals surface area contributed by atoms with E-state index in [0.717, 1.165) is 11.1 Å². The highest BCUT2D eigenvalue weighted by atomic mass is 35.5. The summed E-state index contributed by atoms with van der Waals surface area (Å²) in [6, 6.07) is 19.6. The summed E-state index contributed by atoms with van der Waals surface area (Å²) in [5.41, 5.74) is 2.26.